The van der Waals surface area contributed by atoms with E-state index in [0.29, 0.717) is 12.1 Å². The molecule has 18 heavy (non-hydrogen) atoms. The molecule has 94 valence electrons. The molecule has 0 aliphatic heterocycles. The van der Waals surface area contributed by atoms with E-state index in [0.717, 1.165) is 5.69 Å². The number of nitrogens with one attached hydrogen (secondary N) is 1. The third-order valence-corrected chi connectivity index (χ3v) is 2.33. The molecule has 0 bridgehead atoms. The first kappa shape index (κ1) is 12.2. The molecule has 1 atom stereocenters. The number of hydrogen-bond acceptors (Lipinski definition) is 5. The lowest BCUT2D eigenvalue weighted by atomic mass is 10.2. The fourth-order valence-corrected chi connectivity index (χ4v) is 1.40. The lowest BCUT2D eigenvalue weighted by Crippen LogP contribution is -2.35. The fourth-order valence-electron chi connectivity index (χ4n) is 1.40. The highest BCUT2D eigenvalue weighted by molar-refractivity contribution is 5.94. The molecule has 7 heteroatoms. The highest BCUT2D eigenvalue weighted by Crippen LogP contribution is 2.07. The van der Waals surface area contributed by atoms with Crippen LogP contribution in [0.2, 0.25) is 0 Å². The Kier molecular flexibility index (Phi) is 3.63. The monoisotopic (exact) mass is 246 g/mol. The summed E-state index contributed by atoms with van der Waals surface area (Å²) < 4.78 is 1.52. The van der Waals surface area contributed by atoms with Crippen LogP contribution in [0.25, 0.3) is 5.69 Å². The molecule has 0 saturated carbocycles. The minimum atomic E-state index is -0.143. The predicted molar refractivity (Wildman–Crippen MR) is 65.1 cm³/mol. The lowest BCUT2D eigenvalue weighted by molar-refractivity contribution is 0.0951. The number of nitrogens with zero attached hydrogens (tertiary/aromatic N) is 4. The Morgan fingerprint density at radius 1 is 1.44 bits per heavy atom. The lowest BCUT2D eigenvalue weighted by Gasteiger charge is -2.08. The summed E-state index contributed by atoms with van der Waals surface area (Å²) >= 11 is 0. The molecule has 0 aliphatic carbocycles. The molecule has 0 fully saturated rings. The topological polar surface area (TPSA) is 98.7 Å². The summed E-state index contributed by atoms with van der Waals surface area (Å²) in [5, 5.41) is 13.6. The number of aromatic nitrogens is 4. The summed E-state index contributed by atoms with van der Waals surface area (Å²) in [6, 6.07) is 6.92. The van der Waals surface area contributed by atoms with Crippen LogP contribution in [0.4, 0.5) is 0 Å². The summed E-state index contributed by atoms with van der Waals surface area (Å²) in [6.07, 6.45) is 1.49. The van der Waals surface area contributed by atoms with E-state index in [1.807, 2.05) is 6.92 Å². The Bertz CT molecular complexity index is 505. The zero-order valence-corrected chi connectivity index (χ0v) is 9.95. The molecule has 1 amide bonds. The van der Waals surface area contributed by atoms with Crippen LogP contribution in [0.3, 0.4) is 0 Å². The van der Waals surface area contributed by atoms with Crippen molar-refractivity contribution in [2.75, 3.05) is 6.54 Å². The molecule has 2 rings (SSSR count). The van der Waals surface area contributed by atoms with Gasteiger partial charge in [0.05, 0.1) is 5.69 Å². The highest BCUT2D eigenvalue weighted by atomic mass is 16.1. The Balaban J connectivity index is 2.06. The quantitative estimate of drug-likeness (QED) is 0.774. The number of hydrogen-bond donors (Lipinski definition) is 2. The highest BCUT2D eigenvalue weighted by Gasteiger charge is 2.06. The molecule has 1 heterocycles. The Morgan fingerprint density at radius 2 is 2.17 bits per heavy atom. The molecule has 0 aliphatic rings. The van der Waals surface area contributed by atoms with Gasteiger partial charge >= 0.3 is 0 Å². The summed E-state index contributed by atoms with van der Waals surface area (Å²) in [6.45, 7) is 2.29. The van der Waals surface area contributed by atoms with E-state index in [1.165, 1.54) is 11.0 Å². The third-order valence-electron chi connectivity index (χ3n) is 2.33. The average Bonchev–Trinajstić information content (AvgIpc) is 2.90. The van der Waals surface area contributed by atoms with E-state index in [-0.39, 0.29) is 11.9 Å². The van der Waals surface area contributed by atoms with Crippen LogP contribution in [-0.2, 0) is 0 Å². The van der Waals surface area contributed by atoms with E-state index < -0.39 is 0 Å². The van der Waals surface area contributed by atoms with Crippen molar-refractivity contribution in [2.24, 2.45) is 5.73 Å². The van der Waals surface area contributed by atoms with E-state index in [2.05, 4.69) is 20.8 Å². The maximum atomic E-state index is 11.7. The van der Waals surface area contributed by atoms with Gasteiger partial charge in [0.1, 0.15) is 6.33 Å². The van der Waals surface area contributed by atoms with Crippen molar-refractivity contribution in [2.45, 2.75) is 13.0 Å². The van der Waals surface area contributed by atoms with Gasteiger partial charge < -0.3 is 11.1 Å². The number of nitrogens with two attached hydrogens (primary N) is 1. The summed E-state index contributed by atoms with van der Waals surface area (Å²) in [5.74, 6) is -0.143. The van der Waals surface area contributed by atoms with Crippen molar-refractivity contribution < 1.29 is 4.79 Å². The summed E-state index contributed by atoms with van der Waals surface area (Å²) in [7, 11) is 0. The van der Waals surface area contributed by atoms with Gasteiger partial charge in [-0.2, -0.15) is 0 Å². The molecule has 0 radical (unpaired) electrons. The average molecular weight is 246 g/mol. The molecule has 1 unspecified atom stereocenters. The van der Waals surface area contributed by atoms with Gasteiger partial charge in [0, 0.05) is 18.2 Å². The number of tetrazole rings is 1. The molecule has 7 nitrogen and oxygen atoms in total. The van der Waals surface area contributed by atoms with Gasteiger partial charge in [-0.15, -0.1) is 5.10 Å². The van der Waals surface area contributed by atoms with Gasteiger partial charge in [-0.05, 0) is 41.6 Å². The zero-order valence-electron chi connectivity index (χ0n) is 9.95. The molecule has 1 aromatic heterocycles. The second-order valence-corrected chi connectivity index (χ2v) is 3.99. The second kappa shape index (κ2) is 5.37. The van der Waals surface area contributed by atoms with Crippen molar-refractivity contribution in [3.8, 4) is 5.69 Å². The first-order valence-corrected chi connectivity index (χ1v) is 5.54. The van der Waals surface area contributed by atoms with Gasteiger partial charge in [-0.1, -0.05) is 0 Å². The van der Waals surface area contributed by atoms with Crippen molar-refractivity contribution in [3.63, 3.8) is 0 Å². The third kappa shape index (κ3) is 2.89. The van der Waals surface area contributed by atoms with Gasteiger partial charge in [0.15, 0.2) is 0 Å². The second-order valence-electron chi connectivity index (χ2n) is 3.99. The summed E-state index contributed by atoms with van der Waals surface area (Å²) in [4.78, 5) is 11.7. The first-order chi connectivity index (χ1) is 8.66. The number of amides is 1. The number of rotatable bonds is 4. The van der Waals surface area contributed by atoms with Crippen LogP contribution in [0.1, 0.15) is 17.3 Å². The molecule has 1 aromatic carbocycles. The molecule has 3 N–H and O–H groups in total. The largest absolute Gasteiger partial charge is 0.350 e. The maximum Gasteiger partial charge on any atom is 0.251 e. The smallest absolute Gasteiger partial charge is 0.251 e. The van der Waals surface area contributed by atoms with Crippen molar-refractivity contribution in [3.05, 3.63) is 36.2 Å². The molecular formula is C11H14N6O. The van der Waals surface area contributed by atoms with Crippen molar-refractivity contribution >= 4 is 5.91 Å². The van der Waals surface area contributed by atoms with Crippen LogP contribution < -0.4 is 11.1 Å². The van der Waals surface area contributed by atoms with Gasteiger partial charge in [-0.3, -0.25) is 4.79 Å². The molecule has 0 spiro atoms. The van der Waals surface area contributed by atoms with Crippen molar-refractivity contribution in [1.29, 1.82) is 0 Å². The summed E-state index contributed by atoms with van der Waals surface area (Å²) in [5.41, 5.74) is 6.94. The van der Waals surface area contributed by atoms with Crippen LogP contribution in [0.15, 0.2) is 30.6 Å². The van der Waals surface area contributed by atoms with E-state index in [4.69, 9.17) is 5.73 Å². The number of carbonyl (C=O) groups is 1. The van der Waals surface area contributed by atoms with Gasteiger partial charge in [0.2, 0.25) is 0 Å². The normalized spacial score (nSPS) is 12.1. The zero-order chi connectivity index (χ0) is 13.0. The van der Waals surface area contributed by atoms with Crippen LogP contribution in [0, 0.1) is 0 Å². The van der Waals surface area contributed by atoms with E-state index in [1.54, 1.807) is 24.3 Å². The predicted octanol–water partition coefficient (Wildman–Crippen LogP) is -0.261. The molecule has 0 saturated heterocycles. The Hall–Kier alpha value is -2.28. The van der Waals surface area contributed by atoms with Gasteiger partial charge in [0.25, 0.3) is 5.91 Å². The standard InChI is InChI=1S/C11H14N6O/c1-8(12)6-13-11(18)9-2-4-10(5-3-9)17-7-14-15-16-17/h2-5,7-8H,6,12H2,1H3,(H,13,18). The van der Waals surface area contributed by atoms with Crippen LogP contribution in [-0.4, -0.2) is 38.7 Å². The number of benzene rings is 1. The molecule has 2 aromatic rings. The van der Waals surface area contributed by atoms with E-state index >= 15 is 0 Å². The Labute approximate surface area is 104 Å². The van der Waals surface area contributed by atoms with Crippen LogP contribution in [0.5, 0.6) is 0 Å². The maximum absolute atomic E-state index is 11.7. The minimum absolute atomic E-state index is 0.0607. The van der Waals surface area contributed by atoms with Crippen LogP contribution >= 0.6 is 0 Å². The van der Waals surface area contributed by atoms with Gasteiger partial charge in [-0.25, -0.2) is 4.68 Å². The fraction of sp³-hybridized carbons (Fsp3) is 0.273. The Morgan fingerprint density at radius 3 is 2.72 bits per heavy atom. The minimum Gasteiger partial charge on any atom is -0.350 e. The first-order valence-electron chi connectivity index (χ1n) is 5.54. The number of carbonyl (C=O) groups excluding carboxylic acids is 1. The SMILES string of the molecule is CC(N)CNC(=O)c1ccc(-n2cnnn2)cc1. The van der Waals surface area contributed by atoms with Crippen molar-refractivity contribution in [1.82, 2.24) is 25.5 Å². The van der Waals surface area contributed by atoms with E-state index in [9.17, 15) is 4.79 Å². The molecular weight excluding hydrogens is 232 g/mol.